The van der Waals surface area contributed by atoms with Crippen LogP contribution in [0.15, 0.2) is 54.6 Å². The highest BCUT2D eigenvalue weighted by Gasteiger charge is 2.40. The molecule has 2 amide bonds. The second-order valence-electron chi connectivity index (χ2n) is 7.11. The number of nitrogens with zero attached hydrogens (tertiary/aromatic N) is 3. The molecule has 0 N–H and O–H groups in total. The number of hydrogen-bond acceptors (Lipinski definition) is 3. The maximum atomic E-state index is 13.3. The first-order chi connectivity index (χ1) is 13.2. The Labute approximate surface area is 160 Å². The number of amides is 2. The number of carbonyl (C=O) groups is 2. The van der Waals surface area contributed by atoms with Crippen molar-refractivity contribution >= 4 is 23.2 Å². The molecular weight excluding hydrogens is 338 g/mol. The van der Waals surface area contributed by atoms with Gasteiger partial charge in [0.2, 0.25) is 11.8 Å². The molecule has 0 radical (unpaired) electrons. The lowest BCUT2D eigenvalue weighted by Gasteiger charge is -2.38. The van der Waals surface area contributed by atoms with E-state index in [1.807, 2.05) is 54.3 Å². The summed E-state index contributed by atoms with van der Waals surface area (Å²) in [5.74, 6) is 0.0851. The molecule has 2 aliphatic heterocycles. The van der Waals surface area contributed by atoms with Gasteiger partial charge >= 0.3 is 0 Å². The van der Waals surface area contributed by atoms with Crippen LogP contribution in [0.5, 0.6) is 0 Å². The molecule has 0 spiro atoms. The van der Waals surface area contributed by atoms with Crippen LogP contribution in [0.25, 0.3) is 0 Å². The van der Waals surface area contributed by atoms with E-state index >= 15 is 0 Å². The number of fused-ring (bicyclic) bond motifs is 1. The molecule has 1 fully saturated rings. The summed E-state index contributed by atoms with van der Waals surface area (Å²) in [6.45, 7) is 4.86. The van der Waals surface area contributed by atoms with Gasteiger partial charge in [-0.15, -0.1) is 0 Å². The molecule has 140 valence electrons. The first-order valence-electron chi connectivity index (χ1n) is 9.67. The van der Waals surface area contributed by atoms with Crippen LogP contribution >= 0.6 is 0 Å². The summed E-state index contributed by atoms with van der Waals surface area (Å²) in [6, 6.07) is 17.8. The highest BCUT2D eigenvalue weighted by atomic mass is 16.2. The fourth-order valence-electron chi connectivity index (χ4n) is 4.10. The normalized spacial score (nSPS) is 19.1. The fraction of sp³-hybridized carbons (Fsp3) is 0.364. The lowest BCUT2D eigenvalue weighted by Crippen LogP contribution is -2.55. The van der Waals surface area contributed by atoms with E-state index in [1.165, 1.54) is 5.69 Å². The number of para-hydroxylation sites is 2. The van der Waals surface area contributed by atoms with Gasteiger partial charge in [0, 0.05) is 50.4 Å². The lowest BCUT2D eigenvalue weighted by atomic mass is 10.1. The van der Waals surface area contributed by atoms with E-state index < -0.39 is 6.04 Å². The monoisotopic (exact) mass is 363 g/mol. The molecule has 0 bridgehead atoms. The fourth-order valence-corrected chi connectivity index (χ4v) is 4.10. The van der Waals surface area contributed by atoms with Crippen LogP contribution in [0.3, 0.4) is 0 Å². The SMILES string of the molecule is CCC(=O)N1c2ccccc2CC1C(=O)N1CCN(c2ccccc2)CC1. The highest BCUT2D eigenvalue weighted by molar-refractivity contribution is 6.03. The topological polar surface area (TPSA) is 43.9 Å². The molecule has 5 nitrogen and oxygen atoms in total. The molecule has 4 rings (SSSR count). The molecular formula is C22H25N3O2. The Morgan fingerprint density at radius 2 is 1.59 bits per heavy atom. The van der Waals surface area contributed by atoms with E-state index in [-0.39, 0.29) is 11.8 Å². The minimum absolute atomic E-state index is 0.0150. The Balaban J connectivity index is 1.48. The van der Waals surface area contributed by atoms with Crippen molar-refractivity contribution in [2.45, 2.75) is 25.8 Å². The second-order valence-corrected chi connectivity index (χ2v) is 7.11. The molecule has 0 aliphatic carbocycles. The third-order valence-corrected chi connectivity index (χ3v) is 5.54. The molecule has 2 aromatic rings. The van der Waals surface area contributed by atoms with E-state index in [4.69, 9.17) is 0 Å². The number of rotatable bonds is 3. The standard InChI is InChI=1S/C22H25N3O2/c1-2-21(26)25-19-11-7-6-8-17(19)16-20(25)22(27)24-14-12-23(13-15-24)18-9-4-3-5-10-18/h3-11,20H,2,12-16H2,1H3. The maximum Gasteiger partial charge on any atom is 0.246 e. The quantitative estimate of drug-likeness (QED) is 0.842. The van der Waals surface area contributed by atoms with Gasteiger partial charge in [-0.25, -0.2) is 0 Å². The summed E-state index contributed by atoms with van der Waals surface area (Å²) >= 11 is 0. The molecule has 2 aromatic carbocycles. The van der Waals surface area contributed by atoms with Crippen LogP contribution in [-0.4, -0.2) is 48.9 Å². The van der Waals surface area contributed by atoms with Crippen molar-refractivity contribution in [1.29, 1.82) is 0 Å². The maximum absolute atomic E-state index is 13.3. The zero-order valence-electron chi connectivity index (χ0n) is 15.7. The predicted molar refractivity (Wildman–Crippen MR) is 107 cm³/mol. The summed E-state index contributed by atoms with van der Waals surface area (Å²) < 4.78 is 0. The van der Waals surface area contributed by atoms with Crippen LogP contribution in [0, 0.1) is 0 Å². The zero-order chi connectivity index (χ0) is 18.8. The van der Waals surface area contributed by atoms with Gasteiger partial charge in [-0.3, -0.25) is 14.5 Å². The van der Waals surface area contributed by atoms with Crippen molar-refractivity contribution in [3.8, 4) is 0 Å². The number of hydrogen-bond donors (Lipinski definition) is 0. The lowest BCUT2D eigenvalue weighted by molar-refractivity contribution is -0.134. The van der Waals surface area contributed by atoms with Gasteiger partial charge in [-0.1, -0.05) is 43.3 Å². The Bertz CT molecular complexity index is 828. The van der Waals surface area contributed by atoms with Crippen LogP contribution < -0.4 is 9.80 Å². The van der Waals surface area contributed by atoms with E-state index in [2.05, 4.69) is 17.0 Å². The molecule has 0 saturated carbocycles. The van der Waals surface area contributed by atoms with Gasteiger partial charge < -0.3 is 9.80 Å². The van der Waals surface area contributed by atoms with Crippen molar-refractivity contribution in [2.24, 2.45) is 0 Å². The Kier molecular flexibility index (Phi) is 4.84. The average Bonchev–Trinajstić information content (AvgIpc) is 3.13. The van der Waals surface area contributed by atoms with Gasteiger partial charge in [0.05, 0.1) is 0 Å². The largest absolute Gasteiger partial charge is 0.368 e. The summed E-state index contributed by atoms with van der Waals surface area (Å²) in [6.07, 6.45) is 1.01. The molecule has 1 unspecified atom stereocenters. The van der Waals surface area contributed by atoms with Gasteiger partial charge in [-0.2, -0.15) is 0 Å². The van der Waals surface area contributed by atoms with Crippen molar-refractivity contribution in [1.82, 2.24) is 4.90 Å². The first-order valence-corrected chi connectivity index (χ1v) is 9.67. The van der Waals surface area contributed by atoms with Crippen LogP contribution in [-0.2, 0) is 16.0 Å². The minimum atomic E-state index is -0.405. The van der Waals surface area contributed by atoms with Crippen molar-refractivity contribution in [2.75, 3.05) is 36.0 Å². The number of piperazine rings is 1. The van der Waals surface area contributed by atoms with E-state index in [0.29, 0.717) is 25.9 Å². The zero-order valence-corrected chi connectivity index (χ0v) is 15.7. The second kappa shape index (κ2) is 7.43. The summed E-state index contributed by atoms with van der Waals surface area (Å²) in [5, 5.41) is 0. The summed E-state index contributed by atoms with van der Waals surface area (Å²) in [5.41, 5.74) is 3.17. The summed E-state index contributed by atoms with van der Waals surface area (Å²) in [7, 11) is 0. The number of carbonyl (C=O) groups excluding carboxylic acids is 2. The van der Waals surface area contributed by atoms with Gasteiger partial charge in [-0.05, 0) is 23.8 Å². The molecule has 27 heavy (non-hydrogen) atoms. The van der Waals surface area contributed by atoms with E-state index in [1.54, 1.807) is 4.90 Å². The Morgan fingerprint density at radius 3 is 2.30 bits per heavy atom. The Hall–Kier alpha value is -2.82. The third kappa shape index (κ3) is 3.29. The molecule has 2 heterocycles. The van der Waals surface area contributed by atoms with E-state index in [0.717, 1.165) is 24.3 Å². The molecule has 1 atom stereocenters. The number of anilines is 2. The number of benzene rings is 2. The predicted octanol–water partition coefficient (Wildman–Crippen LogP) is 2.70. The Morgan fingerprint density at radius 1 is 0.926 bits per heavy atom. The van der Waals surface area contributed by atoms with Crippen molar-refractivity contribution in [3.05, 3.63) is 60.2 Å². The smallest absolute Gasteiger partial charge is 0.246 e. The van der Waals surface area contributed by atoms with Gasteiger partial charge in [0.25, 0.3) is 0 Å². The van der Waals surface area contributed by atoms with Crippen LogP contribution in [0.4, 0.5) is 11.4 Å². The van der Waals surface area contributed by atoms with E-state index in [9.17, 15) is 9.59 Å². The highest BCUT2D eigenvalue weighted by Crippen LogP contribution is 2.33. The summed E-state index contributed by atoms with van der Waals surface area (Å²) in [4.78, 5) is 31.8. The van der Waals surface area contributed by atoms with Gasteiger partial charge in [0.1, 0.15) is 6.04 Å². The molecule has 2 aliphatic rings. The average molecular weight is 363 g/mol. The van der Waals surface area contributed by atoms with Gasteiger partial charge in [0.15, 0.2) is 0 Å². The molecule has 0 aromatic heterocycles. The van der Waals surface area contributed by atoms with Crippen LogP contribution in [0.2, 0.25) is 0 Å². The minimum Gasteiger partial charge on any atom is -0.368 e. The molecule has 1 saturated heterocycles. The molecule has 5 heteroatoms. The third-order valence-electron chi connectivity index (χ3n) is 5.54. The van der Waals surface area contributed by atoms with Crippen LogP contribution in [0.1, 0.15) is 18.9 Å². The van der Waals surface area contributed by atoms with Crippen molar-refractivity contribution in [3.63, 3.8) is 0 Å². The van der Waals surface area contributed by atoms with Crippen molar-refractivity contribution < 1.29 is 9.59 Å². The first kappa shape index (κ1) is 17.6.